The van der Waals surface area contributed by atoms with E-state index in [1.165, 1.54) is 13.0 Å². The first-order valence-corrected chi connectivity index (χ1v) is 7.97. The Hall–Kier alpha value is -1.60. The molecule has 0 aromatic heterocycles. The van der Waals surface area contributed by atoms with Gasteiger partial charge >= 0.3 is 0 Å². The molecule has 0 saturated heterocycles. The van der Waals surface area contributed by atoms with Crippen molar-refractivity contribution in [2.45, 2.75) is 43.7 Å². The summed E-state index contributed by atoms with van der Waals surface area (Å²) in [6, 6.07) is 4.24. The zero-order valence-electron chi connectivity index (χ0n) is 11.5. The number of hydrogen-bond acceptors (Lipinski definition) is 4. The molecule has 2 rings (SSSR count). The molecule has 1 aliphatic rings. The quantitative estimate of drug-likeness (QED) is 0.690. The summed E-state index contributed by atoms with van der Waals surface area (Å²) in [7, 11) is -3.82. The topological polar surface area (TPSA) is 101 Å². The molecule has 1 amide bonds. The molecule has 1 atom stereocenters. The lowest BCUT2D eigenvalue weighted by atomic mass is 10.2. The van der Waals surface area contributed by atoms with Crippen molar-refractivity contribution >= 4 is 21.6 Å². The highest BCUT2D eigenvalue weighted by atomic mass is 32.2. The molecule has 1 fully saturated rings. The van der Waals surface area contributed by atoms with Crippen LogP contribution in [0.15, 0.2) is 23.1 Å². The van der Waals surface area contributed by atoms with Crippen LogP contribution in [0.2, 0.25) is 0 Å². The Morgan fingerprint density at radius 3 is 2.60 bits per heavy atom. The number of nitrogen functional groups attached to an aromatic ring is 1. The van der Waals surface area contributed by atoms with Crippen molar-refractivity contribution in [3.63, 3.8) is 0 Å². The summed E-state index contributed by atoms with van der Waals surface area (Å²) in [4.78, 5) is 11.8. The van der Waals surface area contributed by atoms with E-state index in [9.17, 15) is 13.2 Å². The predicted molar refractivity (Wildman–Crippen MR) is 76.5 cm³/mol. The van der Waals surface area contributed by atoms with Gasteiger partial charge in [0, 0.05) is 6.04 Å². The SMILES string of the molecule is Cc1cccc(N)c1S(=O)(=O)NC(C)C(=O)NC1CC1. The average molecular weight is 297 g/mol. The van der Waals surface area contributed by atoms with Crippen LogP contribution in [0.3, 0.4) is 0 Å². The van der Waals surface area contributed by atoms with E-state index in [0.717, 1.165) is 12.8 Å². The van der Waals surface area contributed by atoms with Gasteiger partial charge in [0.1, 0.15) is 4.90 Å². The van der Waals surface area contributed by atoms with Gasteiger partial charge in [0.15, 0.2) is 0 Å². The molecule has 110 valence electrons. The number of amides is 1. The van der Waals surface area contributed by atoms with E-state index in [2.05, 4.69) is 10.0 Å². The summed E-state index contributed by atoms with van der Waals surface area (Å²) >= 11 is 0. The van der Waals surface area contributed by atoms with Crippen LogP contribution in [-0.2, 0) is 14.8 Å². The van der Waals surface area contributed by atoms with Crippen molar-refractivity contribution in [2.24, 2.45) is 0 Å². The molecule has 1 unspecified atom stereocenters. The number of rotatable bonds is 5. The van der Waals surface area contributed by atoms with Gasteiger partial charge in [-0.25, -0.2) is 8.42 Å². The van der Waals surface area contributed by atoms with Gasteiger partial charge in [0.05, 0.1) is 11.7 Å². The number of benzene rings is 1. The van der Waals surface area contributed by atoms with E-state index in [1.807, 2.05) is 0 Å². The number of carbonyl (C=O) groups excluding carboxylic acids is 1. The summed E-state index contributed by atoms with van der Waals surface area (Å²) in [6.07, 6.45) is 1.91. The first-order valence-electron chi connectivity index (χ1n) is 6.49. The Kier molecular flexibility index (Phi) is 4.01. The van der Waals surface area contributed by atoms with Crippen molar-refractivity contribution in [1.82, 2.24) is 10.0 Å². The van der Waals surface area contributed by atoms with Crippen molar-refractivity contribution in [3.8, 4) is 0 Å². The Morgan fingerprint density at radius 2 is 2.05 bits per heavy atom. The molecule has 7 heteroatoms. The molecule has 1 aliphatic carbocycles. The van der Waals surface area contributed by atoms with Gasteiger partial charge in [-0.2, -0.15) is 4.72 Å². The zero-order chi connectivity index (χ0) is 14.9. The van der Waals surface area contributed by atoms with Crippen LogP contribution in [0.5, 0.6) is 0 Å². The lowest BCUT2D eigenvalue weighted by Crippen LogP contribution is -2.45. The van der Waals surface area contributed by atoms with Gasteiger partial charge in [-0.1, -0.05) is 12.1 Å². The molecular weight excluding hydrogens is 278 g/mol. The van der Waals surface area contributed by atoms with Crippen molar-refractivity contribution < 1.29 is 13.2 Å². The molecule has 20 heavy (non-hydrogen) atoms. The number of hydrogen-bond donors (Lipinski definition) is 3. The predicted octanol–water partition coefficient (Wildman–Crippen LogP) is 0.523. The Balaban J connectivity index is 2.16. The molecule has 1 saturated carbocycles. The highest BCUT2D eigenvalue weighted by molar-refractivity contribution is 7.89. The molecular formula is C13H19N3O3S. The van der Waals surface area contributed by atoms with Gasteiger partial charge in [-0.3, -0.25) is 4.79 Å². The van der Waals surface area contributed by atoms with Crippen LogP contribution in [-0.4, -0.2) is 26.4 Å². The van der Waals surface area contributed by atoms with Crippen LogP contribution in [0.4, 0.5) is 5.69 Å². The van der Waals surface area contributed by atoms with Gasteiger partial charge in [0.25, 0.3) is 0 Å². The molecule has 0 heterocycles. The van der Waals surface area contributed by atoms with Crippen molar-refractivity contribution in [3.05, 3.63) is 23.8 Å². The molecule has 4 N–H and O–H groups in total. The highest BCUT2D eigenvalue weighted by Gasteiger charge is 2.29. The van der Waals surface area contributed by atoms with Crippen LogP contribution < -0.4 is 15.8 Å². The third-order valence-electron chi connectivity index (χ3n) is 3.16. The summed E-state index contributed by atoms with van der Waals surface area (Å²) in [5.41, 5.74) is 6.45. The second-order valence-electron chi connectivity index (χ2n) is 5.12. The number of sulfonamides is 1. The second-order valence-corrected chi connectivity index (χ2v) is 6.77. The molecule has 1 aromatic carbocycles. The number of aryl methyl sites for hydroxylation is 1. The Morgan fingerprint density at radius 1 is 1.40 bits per heavy atom. The lowest BCUT2D eigenvalue weighted by Gasteiger charge is -2.16. The molecule has 6 nitrogen and oxygen atoms in total. The minimum Gasteiger partial charge on any atom is -0.398 e. The van der Waals surface area contributed by atoms with E-state index < -0.39 is 16.1 Å². The first-order chi connectivity index (χ1) is 9.31. The number of carbonyl (C=O) groups is 1. The van der Waals surface area contributed by atoms with Gasteiger partial charge < -0.3 is 11.1 Å². The highest BCUT2D eigenvalue weighted by Crippen LogP contribution is 2.22. The van der Waals surface area contributed by atoms with E-state index in [4.69, 9.17) is 5.73 Å². The van der Waals surface area contributed by atoms with Crippen LogP contribution in [0, 0.1) is 6.92 Å². The minimum absolute atomic E-state index is 0.0334. The van der Waals surface area contributed by atoms with E-state index in [1.54, 1.807) is 19.1 Å². The third-order valence-corrected chi connectivity index (χ3v) is 4.92. The molecule has 0 radical (unpaired) electrons. The summed E-state index contributed by atoms with van der Waals surface area (Å²) in [6.45, 7) is 3.18. The Bertz CT molecular complexity index is 603. The van der Waals surface area contributed by atoms with Crippen molar-refractivity contribution in [1.29, 1.82) is 0 Å². The molecule has 0 bridgehead atoms. The summed E-state index contributed by atoms with van der Waals surface area (Å²) in [5.74, 6) is -0.316. The maximum absolute atomic E-state index is 12.3. The first kappa shape index (κ1) is 14.8. The van der Waals surface area contributed by atoms with E-state index in [0.29, 0.717) is 5.56 Å². The van der Waals surface area contributed by atoms with E-state index >= 15 is 0 Å². The normalized spacial score (nSPS) is 16.7. The second kappa shape index (κ2) is 5.41. The molecule has 0 spiro atoms. The van der Waals surface area contributed by atoms with Gasteiger partial charge in [-0.05, 0) is 38.3 Å². The maximum atomic E-state index is 12.3. The summed E-state index contributed by atoms with van der Waals surface area (Å²) in [5, 5.41) is 2.76. The fraction of sp³-hybridized carbons (Fsp3) is 0.462. The standard InChI is InChI=1S/C13H19N3O3S/c1-8-4-3-5-11(14)12(8)20(18,19)16-9(2)13(17)15-10-6-7-10/h3-5,9-10,16H,6-7,14H2,1-2H3,(H,15,17). The third kappa shape index (κ3) is 3.29. The fourth-order valence-corrected chi connectivity index (χ4v) is 3.50. The van der Waals surface area contributed by atoms with Crippen LogP contribution in [0.25, 0.3) is 0 Å². The number of nitrogens with two attached hydrogens (primary N) is 1. The van der Waals surface area contributed by atoms with E-state index in [-0.39, 0.29) is 22.5 Å². The monoisotopic (exact) mass is 297 g/mol. The fourth-order valence-electron chi connectivity index (χ4n) is 1.94. The maximum Gasteiger partial charge on any atom is 0.243 e. The van der Waals surface area contributed by atoms with Gasteiger partial charge in [0.2, 0.25) is 15.9 Å². The lowest BCUT2D eigenvalue weighted by molar-refractivity contribution is -0.122. The Labute approximate surface area is 118 Å². The average Bonchev–Trinajstić information content (AvgIpc) is 3.11. The van der Waals surface area contributed by atoms with Crippen molar-refractivity contribution in [2.75, 3.05) is 5.73 Å². The molecule has 0 aliphatic heterocycles. The van der Waals surface area contributed by atoms with Crippen LogP contribution in [0.1, 0.15) is 25.3 Å². The van der Waals surface area contributed by atoms with Gasteiger partial charge in [-0.15, -0.1) is 0 Å². The number of anilines is 1. The smallest absolute Gasteiger partial charge is 0.243 e. The summed E-state index contributed by atoms with van der Waals surface area (Å²) < 4.78 is 27.0. The zero-order valence-corrected chi connectivity index (χ0v) is 12.3. The minimum atomic E-state index is -3.82. The van der Waals surface area contributed by atoms with Crippen LogP contribution >= 0.6 is 0 Å². The molecule has 1 aromatic rings. The largest absolute Gasteiger partial charge is 0.398 e. The number of nitrogens with one attached hydrogen (secondary N) is 2.